The van der Waals surface area contributed by atoms with Crippen LogP contribution in [-0.2, 0) is 0 Å². The number of H-pyrrole nitrogens is 2. The summed E-state index contributed by atoms with van der Waals surface area (Å²) in [6.07, 6.45) is 1.58. The molecule has 3 heterocycles. The molecule has 0 bridgehead atoms. The van der Waals surface area contributed by atoms with Crippen molar-refractivity contribution in [3.8, 4) is 5.95 Å². The van der Waals surface area contributed by atoms with Gasteiger partial charge in [-0.25, -0.2) is 14.6 Å². The number of aromatic amines is 2. The number of hydrogen-bond acceptors (Lipinski definition) is 5. The van der Waals surface area contributed by atoms with Gasteiger partial charge < -0.3 is 4.98 Å². The molecule has 19 heavy (non-hydrogen) atoms. The van der Waals surface area contributed by atoms with E-state index in [0.717, 1.165) is 11.4 Å². The molecule has 0 aliphatic heterocycles. The van der Waals surface area contributed by atoms with E-state index in [1.54, 1.807) is 6.20 Å². The quantitative estimate of drug-likeness (QED) is 0.650. The summed E-state index contributed by atoms with van der Waals surface area (Å²) in [6, 6.07) is 1.87. The molecule has 2 N–H and O–H groups in total. The number of hydrogen-bond donors (Lipinski definition) is 2. The van der Waals surface area contributed by atoms with E-state index >= 15 is 0 Å². The summed E-state index contributed by atoms with van der Waals surface area (Å²) in [5, 5.41) is 4.65. The number of aromatic nitrogens is 6. The molecule has 0 spiro atoms. The lowest BCUT2D eigenvalue weighted by Crippen LogP contribution is -2.06. The molecule has 0 fully saturated rings. The third-order valence-electron chi connectivity index (χ3n) is 2.59. The van der Waals surface area contributed by atoms with Crippen LogP contribution in [0.2, 0.25) is 0 Å². The van der Waals surface area contributed by atoms with Gasteiger partial charge in [0, 0.05) is 17.6 Å². The minimum atomic E-state index is -0.283. The topological polar surface area (TPSA) is 92.2 Å². The molecule has 0 atom stereocenters. The van der Waals surface area contributed by atoms with Gasteiger partial charge >= 0.3 is 0 Å². The molecule has 0 aliphatic carbocycles. The molecule has 0 saturated carbocycles. The SMILES string of the molecule is Cc1cc(C)nc(-n2cc3c(=O)[nH]c(=S)[nH]c3n2)n1. The molecule has 3 rings (SSSR count). The fourth-order valence-electron chi connectivity index (χ4n) is 1.85. The lowest BCUT2D eigenvalue weighted by molar-refractivity contribution is 0.800. The van der Waals surface area contributed by atoms with Crippen LogP contribution in [0.15, 0.2) is 17.1 Å². The maximum Gasteiger partial charge on any atom is 0.262 e. The first-order chi connectivity index (χ1) is 9.02. The van der Waals surface area contributed by atoms with Gasteiger partial charge in [-0.05, 0) is 32.1 Å². The number of aryl methyl sites for hydroxylation is 2. The first-order valence-corrected chi connectivity index (χ1v) is 5.98. The smallest absolute Gasteiger partial charge is 0.262 e. The Labute approximate surface area is 112 Å². The van der Waals surface area contributed by atoms with E-state index in [4.69, 9.17) is 12.2 Å². The molecule has 0 amide bonds. The van der Waals surface area contributed by atoms with Gasteiger partial charge in [0.25, 0.3) is 11.5 Å². The van der Waals surface area contributed by atoms with Crippen molar-refractivity contribution in [1.29, 1.82) is 0 Å². The lowest BCUT2D eigenvalue weighted by atomic mass is 10.4. The van der Waals surface area contributed by atoms with Crippen molar-refractivity contribution in [3.05, 3.63) is 38.8 Å². The molecule has 3 aromatic rings. The molecule has 0 aromatic carbocycles. The maximum absolute atomic E-state index is 11.7. The van der Waals surface area contributed by atoms with Gasteiger partial charge in [-0.3, -0.25) is 9.78 Å². The van der Waals surface area contributed by atoms with Crippen molar-refractivity contribution < 1.29 is 0 Å². The van der Waals surface area contributed by atoms with Gasteiger partial charge in [0.1, 0.15) is 5.39 Å². The van der Waals surface area contributed by atoms with Crippen LogP contribution in [0.25, 0.3) is 17.0 Å². The van der Waals surface area contributed by atoms with Crippen LogP contribution in [0.5, 0.6) is 0 Å². The average molecular weight is 274 g/mol. The van der Waals surface area contributed by atoms with E-state index in [-0.39, 0.29) is 10.3 Å². The number of fused-ring (bicyclic) bond motifs is 1. The zero-order valence-corrected chi connectivity index (χ0v) is 11.1. The van der Waals surface area contributed by atoms with E-state index in [2.05, 4.69) is 25.0 Å². The Hall–Kier alpha value is -2.35. The van der Waals surface area contributed by atoms with Crippen molar-refractivity contribution in [2.45, 2.75) is 13.8 Å². The van der Waals surface area contributed by atoms with Crippen molar-refractivity contribution in [2.75, 3.05) is 0 Å². The van der Waals surface area contributed by atoms with Crippen molar-refractivity contribution in [3.63, 3.8) is 0 Å². The van der Waals surface area contributed by atoms with E-state index < -0.39 is 0 Å². The molecule has 8 heteroatoms. The Morgan fingerprint density at radius 3 is 2.58 bits per heavy atom. The minimum Gasteiger partial charge on any atom is -0.315 e. The van der Waals surface area contributed by atoms with Gasteiger partial charge in [0.05, 0.1) is 0 Å². The predicted octanol–water partition coefficient (Wildman–Crippen LogP) is 1.18. The molecule has 3 aromatic heterocycles. The van der Waals surface area contributed by atoms with Gasteiger partial charge in [-0.15, -0.1) is 5.10 Å². The highest BCUT2D eigenvalue weighted by Gasteiger charge is 2.09. The molecular weight excluding hydrogens is 264 g/mol. The predicted molar refractivity (Wildman–Crippen MR) is 71.9 cm³/mol. The van der Waals surface area contributed by atoms with E-state index in [1.807, 2.05) is 19.9 Å². The van der Waals surface area contributed by atoms with Crippen LogP contribution in [-0.4, -0.2) is 29.7 Å². The Morgan fingerprint density at radius 2 is 1.89 bits per heavy atom. The fraction of sp³-hybridized carbons (Fsp3) is 0.182. The Balaban J connectivity index is 2.29. The molecular formula is C11H10N6OS. The third kappa shape index (κ3) is 2.06. The summed E-state index contributed by atoms with van der Waals surface area (Å²) < 4.78 is 1.70. The molecule has 0 saturated heterocycles. The van der Waals surface area contributed by atoms with Crippen LogP contribution >= 0.6 is 12.2 Å². The number of nitrogens with one attached hydrogen (secondary N) is 2. The summed E-state index contributed by atoms with van der Waals surface area (Å²) in [6.45, 7) is 3.75. The molecule has 0 aliphatic rings. The van der Waals surface area contributed by atoms with Gasteiger partial charge in [0.2, 0.25) is 0 Å². The van der Waals surface area contributed by atoms with Crippen LogP contribution in [0, 0.1) is 18.6 Å². The Morgan fingerprint density at radius 1 is 1.21 bits per heavy atom. The molecule has 96 valence electrons. The van der Waals surface area contributed by atoms with Crippen LogP contribution in [0.4, 0.5) is 0 Å². The van der Waals surface area contributed by atoms with Crippen LogP contribution < -0.4 is 5.56 Å². The second-order valence-electron chi connectivity index (χ2n) is 4.19. The zero-order valence-electron chi connectivity index (χ0n) is 10.3. The summed E-state index contributed by atoms with van der Waals surface area (Å²) in [5.74, 6) is 0.424. The van der Waals surface area contributed by atoms with E-state index in [1.165, 1.54) is 4.68 Å². The van der Waals surface area contributed by atoms with Gasteiger partial charge in [0.15, 0.2) is 10.4 Å². The summed E-state index contributed by atoms with van der Waals surface area (Å²) in [7, 11) is 0. The highest BCUT2D eigenvalue weighted by Crippen LogP contribution is 2.08. The Kier molecular flexibility index (Phi) is 2.53. The van der Waals surface area contributed by atoms with Crippen LogP contribution in [0.3, 0.4) is 0 Å². The maximum atomic E-state index is 11.7. The highest BCUT2D eigenvalue weighted by atomic mass is 32.1. The zero-order chi connectivity index (χ0) is 13.6. The lowest BCUT2D eigenvalue weighted by Gasteiger charge is -2.01. The Bertz CT molecular complexity index is 870. The minimum absolute atomic E-state index is 0.240. The van der Waals surface area contributed by atoms with E-state index in [0.29, 0.717) is 17.0 Å². The van der Waals surface area contributed by atoms with Crippen LogP contribution in [0.1, 0.15) is 11.4 Å². The molecule has 7 nitrogen and oxygen atoms in total. The largest absolute Gasteiger partial charge is 0.315 e. The normalized spacial score (nSPS) is 11.1. The second-order valence-corrected chi connectivity index (χ2v) is 4.60. The van der Waals surface area contributed by atoms with Gasteiger partial charge in [-0.2, -0.15) is 0 Å². The first kappa shape index (κ1) is 11.7. The summed E-state index contributed by atoms with van der Waals surface area (Å²) >= 11 is 4.90. The number of rotatable bonds is 1. The van der Waals surface area contributed by atoms with Crippen molar-refractivity contribution >= 4 is 23.3 Å². The highest BCUT2D eigenvalue weighted by molar-refractivity contribution is 7.71. The summed E-state index contributed by atoms with van der Waals surface area (Å²) in [5.41, 5.74) is 1.80. The molecule has 0 radical (unpaired) electrons. The van der Waals surface area contributed by atoms with Crippen molar-refractivity contribution in [1.82, 2.24) is 29.7 Å². The second kappa shape index (κ2) is 4.09. The monoisotopic (exact) mass is 274 g/mol. The number of nitrogens with zero attached hydrogens (tertiary/aromatic N) is 4. The van der Waals surface area contributed by atoms with Gasteiger partial charge in [-0.1, -0.05) is 0 Å². The molecule has 0 unspecified atom stereocenters. The standard InChI is InChI=1S/C11H10N6OS/c1-5-3-6(2)13-10(12-5)17-4-7-8(16-17)14-11(19)15-9(7)18/h3-4H,1-2H3,(H2,14,15,16,18,19). The van der Waals surface area contributed by atoms with E-state index in [9.17, 15) is 4.79 Å². The summed E-state index contributed by atoms with van der Waals surface area (Å²) in [4.78, 5) is 25.7. The average Bonchev–Trinajstić information content (AvgIpc) is 2.71. The third-order valence-corrected chi connectivity index (χ3v) is 2.80. The fourth-order valence-corrected chi connectivity index (χ4v) is 2.04. The van der Waals surface area contributed by atoms with Crippen molar-refractivity contribution in [2.24, 2.45) is 0 Å². The first-order valence-electron chi connectivity index (χ1n) is 5.57.